The van der Waals surface area contributed by atoms with Crippen LogP contribution in [0.15, 0.2) is 53.0 Å². The quantitative estimate of drug-likeness (QED) is 0.311. The molecule has 18 heavy (non-hydrogen) atoms. The number of hydrogen-bond donors (Lipinski definition) is 1. The third kappa shape index (κ3) is 8.21. The molecule has 0 aliphatic heterocycles. The van der Waals surface area contributed by atoms with Crippen LogP contribution in [0.4, 0.5) is 4.39 Å². The van der Waals surface area contributed by atoms with Crippen LogP contribution in [0, 0.1) is 0 Å². The third-order valence-electron chi connectivity index (χ3n) is 1.98. The van der Waals surface area contributed by atoms with Crippen LogP contribution in [-0.4, -0.2) is 26.1 Å². The fourth-order valence-electron chi connectivity index (χ4n) is 1.19. The second kappa shape index (κ2) is 10.2. The molecule has 0 saturated carbocycles. The van der Waals surface area contributed by atoms with E-state index in [1.807, 2.05) is 0 Å². The van der Waals surface area contributed by atoms with Crippen molar-refractivity contribution in [2.75, 3.05) is 13.6 Å². The second-order valence-corrected chi connectivity index (χ2v) is 3.56. The Labute approximate surface area is 107 Å². The van der Waals surface area contributed by atoms with Gasteiger partial charge in [0.1, 0.15) is 6.29 Å². The number of carbonyl (C=O) groups is 1. The average molecular weight is 250 g/mol. The minimum atomic E-state index is -0.261. The fraction of sp³-hybridized carbons (Fsp3) is 0.286. The van der Waals surface area contributed by atoms with Crippen molar-refractivity contribution in [1.29, 1.82) is 0 Å². The van der Waals surface area contributed by atoms with Crippen molar-refractivity contribution in [3.8, 4) is 0 Å². The summed E-state index contributed by atoms with van der Waals surface area (Å²) < 4.78 is 12.6. The van der Waals surface area contributed by atoms with Crippen LogP contribution in [0.3, 0.4) is 0 Å². The van der Waals surface area contributed by atoms with Gasteiger partial charge in [-0.15, -0.1) is 0 Å². The summed E-state index contributed by atoms with van der Waals surface area (Å²) in [5.41, 5.74) is 1.75. The molecule has 0 rings (SSSR count). The van der Waals surface area contributed by atoms with Crippen LogP contribution in [-0.2, 0) is 4.79 Å². The number of allylic oxidation sites excluding steroid dienone is 6. The maximum Gasteiger partial charge on any atom is 0.139 e. The molecule has 1 N–H and O–H groups in total. The lowest BCUT2D eigenvalue weighted by atomic mass is 10.1. The molecule has 0 aliphatic rings. The monoisotopic (exact) mass is 250 g/mol. The minimum Gasteiger partial charge on any atom is -0.384 e. The highest BCUT2D eigenvalue weighted by Crippen LogP contribution is 2.11. The van der Waals surface area contributed by atoms with Crippen LogP contribution in [0.5, 0.6) is 0 Å². The average Bonchev–Trinajstić information content (AvgIpc) is 2.34. The summed E-state index contributed by atoms with van der Waals surface area (Å²) in [6, 6.07) is 0. The highest BCUT2D eigenvalue weighted by atomic mass is 19.1. The van der Waals surface area contributed by atoms with Gasteiger partial charge in [0, 0.05) is 25.9 Å². The SMILES string of the molecule is C=C/C(=C\C=C(/C)F)C/C(C=NC)=C/NCC=O. The van der Waals surface area contributed by atoms with Crippen molar-refractivity contribution in [3.63, 3.8) is 0 Å². The Kier molecular flexibility index (Phi) is 9.08. The minimum absolute atomic E-state index is 0.248. The van der Waals surface area contributed by atoms with E-state index >= 15 is 0 Å². The first-order valence-corrected chi connectivity index (χ1v) is 5.57. The number of carbonyl (C=O) groups excluding carboxylic acids is 1. The molecular formula is C14H19FN2O. The topological polar surface area (TPSA) is 41.5 Å². The first-order valence-electron chi connectivity index (χ1n) is 5.57. The van der Waals surface area contributed by atoms with Crippen molar-refractivity contribution in [2.45, 2.75) is 13.3 Å². The standard InChI is InChI=1S/C14H19FN2O/c1-4-13(6-5-12(2)15)9-14(10-16-3)11-17-7-8-18/h4-6,8,10-11,17H,1,7,9H2,2-3H3/b12-5+,13-6+,14-11-,16-10?. The smallest absolute Gasteiger partial charge is 0.139 e. The molecule has 0 amide bonds. The van der Waals surface area contributed by atoms with Gasteiger partial charge in [0.2, 0.25) is 0 Å². The number of rotatable bonds is 8. The molecule has 0 heterocycles. The summed E-state index contributed by atoms with van der Waals surface area (Å²) in [4.78, 5) is 14.1. The highest BCUT2D eigenvalue weighted by molar-refractivity contribution is 5.79. The van der Waals surface area contributed by atoms with E-state index in [4.69, 9.17) is 0 Å². The van der Waals surface area contributed by atoms with Crippen molar-refractivity contribution >= 4 is 12.5 Å². The molecular weight excluding hydrogens is 231 g/mol. The summed E-state index contributed by atoms with van der Waals surface area (Å²) in [5.74, 6) is -0.261. The number of halogens is 1. The van der Waals surface area contributed by atoms with E-state index in [0.29, 0.717) is 6.42 Å². The Morgan fingerprint density at radius 1 is 1.39 bits per heavy atom. The van der Waals surface area contributed by atoms with Crippen molar-refractivity contribution < 1.29 is 9.18 Å². The summed E-state index contributed by atoms with van der Waals surface area (Å²) in [5, 5.41) is 2.84. The predicted molar refractivity (Wildman–Crippen MR) is 74.3 cm³/mol. The lowest BCUT2D eigenvalue weighted by molar-refractivity contribution is -0.107. The summed E-state index contributed by atoms with van der Waals surface area (Å²) >= 11 is 0. The summed E-state index contributed by atoms with van der Waals surface area (Å²) in [6.07, 6.45) is 9.45. The van der Waals surface area contributed by atoms with E-state index in [9.17, 15) is 9.18 Å². The van der Waals surface area contributed by atoms with Gasteiger partial charge in [-0.25, -0.2) is 4.39 Å². The normalized spacial score (nSPS) is 13.8. The van der Waals surface area contributed by atoms with Crippen LogP contribution in [0.1, 0.15) is 13.3 Å². The summed E-state index contributed by atoms with van der Waals surface area (Å²) in [7, 11) is 1.66. The van der Waals surface area contributed by atoms with Gasteiger partial charge in [0.05, 0.1) is 12.4 Å². The molecule has 0 aromatic rings. The molecule has 4 heteroatoms. The zero-order valence-electron chi connectivity index (χ0n) is 10.8. The van der Waals surface area contributed by atoms with Gasteiger partial charge in [0.15, 0.2) is 0 Å². The van der Waals surface area contributed by atoms with E-state index < -0.39 is 0 Å². The second-order valence-electron chi connectivity index (χ2n) is 3.56. The van der Waals surface area contributed by atoms with Crippen LogP contribution in [0.25, 0.3) is 0 Å². The maximum absolute atomic E-state index is 12.6. The van der Waals surface area contributed by atoms with E-state index in [1.165, 1.54) is 13.0 Å². The number of nitrogens with one attached hydrogen (secondary N) is 1. The lowest BCUT2D eigenvalue weighted by Crippen LogP contribution is -2.09. The third-order valence-corrected chi connectivity index (χ3v) is 1.98. The van der Waals surface area contributed by atoms with E-state index in [-0.39, 0.29) is 12.4 Å². The largest absolute Gasteiger partial charge is 0.384 e. The molecule has 98 valence electrons. The zero-order chi connectivity index (χ0) is 13.8. The van der Waals surface area contributed by atoms with E-state index in [2.05, 4.69) is 16.9 Å². The highest BCUT2D eigenvalue weighted by Gasteiger charge is 1.97. The van der Waals surface area contributed by atoms with Crippen molar-refractivity contribution in [3.05, 3.63) is 48.0 Å². The fourth-order valence-corrected chi connectivity index (χ4v) is 1.19. The molecule has 0 aromatic heterocycles. The number of nitrogens with zero attached hydrogens (tertiary/aromatic N) is 1. The van der Waals surface area contributed by atoms with Crippen LogP contribution < -0.4 is 5.32 Å². The lowest BCUT2D eigenvalue weighted by Gasteiger charge is -2.03. The molecule has 0 aromatic carbocycles. The van der Waals surface area contributed by atoms with E-state index in [0.717, 1.165) is 17.4 Å². The van der Waals surface area contributed by atoms with E-state index in [1.54, 1.807) is 31.6 Å². The van der Waals surface area contributed by atoms with Gasteiger partial charge >= 0.3 is 0 Å². The van der Waals surface area contributed by atoms with Gasteiger partial charge < -0.3 is 10.1 Å². The molecule has 0 unspecified atom stereocenters. The first kappa shape index (κ1) is 16.0. The van der Waals surface area contributed by atoms with Crippen LogP contribution >= 0.6 is 0 Å². The first-order chi connectivity index (χ1) is 8.63. The molecule has 0 bridgehead atoms. The maximum atomic E-state index is 12.6. The Balaban J connectivity index is 4.78. The molecule has 0 fully saturated rings. The molecule has 0 spiro atoms. The summed E-state index contributed by atoms with van der Waals surface area (Å²) in [6.45, 7) is 5.31. The van der Waals surface area contributed by atoms with Crippen molar-refractivity contribution in [1.82, 2.24) is 5.32 Å². The zero-order valence-corrected chi connectivity index (χ0v) is 10.8. The number of aliphatic imine (C=N–C) groups is 1. The molecule has 0 aliphatic carbocycles. The number of aldehydes is 1. The van der Waals surface area contributed by atoms with Gasteiger partial charge in [-0.2, -0.15) is 0 Å². The Morgan fingerprint density at radius 2 is 2.11 bits per heavy atom. The van der Waals surface area contributed by atoms with Gasteiger partial charge in [-0.1, -0.05) is 18.7 Å². The number of hydrogen-bond acceptors (Lipinski definition) is 3. The molecule has 0 atom stereocenters. The van der Waals surface area contributed by atoms with Crippen molar-refractivity contribution in [2.24, 2.45) is 4.99 Å². The Hall–Kier alpha value is -1.97. The van der Waals surface area contributed by atoms with Crippen LogP contribution in [0.2, 0.25) is 0 Å². The van der Waals surface area contributed by atoms with Gasteiger partial charge in [0.25, 0.3) is 0 Å². The Morgan fingerprint density at radius 3 is 2.61 bits per heavy atom. The Bertz CT molecular complexity index is 389. The molecule has 0 radical (unpaired) electrons. The van der Waals surface area contributed by atoms with Gasteiger partial charge in [-0.05, 0) is 24.1 Å². The molecule has 0 saturated heterocycles. The van der Waals surface area contributed by atoms with Gasteiger partial charge in [-0.3, -0.25) is 4.99 Å². The predicted octanol–water partition coefficient (Wildman–Crippen LogP) is 2.74. The molecule has 3 nitrogen and oxygen atoms in total.